The highest BCUT2D eigenvalue weighted by Crippen LogP contribution is 2.29. The van der Waals surface area contributed by atoms with E-state index in [-0.39, 0.29) is 0 Å². The third-order valence-electron chi connectivity index (χ3n) is 2.81. The zero-order valence-electron chi connectivity index (χ0n) is 7.83. The number of aromatic nitrogens is 2. The summed E-state index contributed by atoms with van der Waals surface area (Å²) in [5.74, 6) is 0.734. The number of hydrogen-bond acceptors (Lipinski definition) is 1. The Morgan fingerprint density at radius 3 is 3.17 bits per heavy atom. The van der Waals surface area contributed by atoms with E-state index in [0.717, 1.165) is 5.92 Å². The van der Waals surface area contributed by atoms with Crippen LogP contribution in [0.15, 0.2) is 12.5 Å². The minimum atomic E-state index is 0.691. The summed E-state index contributed by atoms with van der Waals surface area (Å²) >= 11 is 0. The van der Waals surface area contributed by atoms with Gasteiger partial charge < -0.3 is 4.57 Å². The molecule has 2 rings (SSSR count). The molecule has 2 heteroatoms. The van der Waals surface area contributed by atoms with Gasteiger partial charge in [0.15, 0.2) is 0 Å². The summed E-state index contributed by atoms with van der Waals surface area (Å²) in [4.78, 5) is 4.20. The van der Waals surface area contributed by atoms with E-state index in [1.807, 2.05) is 12.5 Å². The van der Waals surface area contributed by atoms with Crippen molar-refractivity contribution in [3.8, 4) is 0 Å². The van der Waals surface area contributed by atoms with Gasteiger partial charge in [-0.2, -0.15) is 0 Å². The molecule has 0 bridgehead atoms. The molecule has 0 fully saturated rings. The van der Waals surface area contributed by atoms with E-state index >= 15 is 0 Å². The Morgan fingerprint density at radius 2 is 2.42 bits per heavy atom. The zero-order chi connectivity index (χ0) is 8.55. The van der Waals surface area contributed by atoms with Crippen LogP contribution < -0.4 is 0 Å². The molecule has 66 valence electrons. The highest BCUT2D eigenvalue weighted by Gasteiger charge is 2.21. The second-order valence-electron chi connectivity index (χ2n) is 4.00. The standard InChI is InChI=1S/C10H16N2/c1-8(2)10-5-3-4-9-6-11-7-12(9)10/h6-8,10H,3-5H2,1-2H3. The van der Waals surface area contributed by atoms with Crippen molar-refractivity contribution in [3.63, 3.8) is 0 Å². The van der Waals surface area contributed by atoms with E-state index in [2.05, 4.69) is 23.4 Å². The predicted molar refractivity (Wildman–Crippen MR) is 49.0 cm³/mol. The highest BCUT2D eigenvalue weighted by atomic mass is 15.1. The third-order valence-corrected chi connectivity index (χ3v) is 2.81. The second-order valence-corrected chi connectivity index (χ2v) is 4.00. The van der Waals surface area contributed by atoms with E-state index in [1.165, 1.54) is 25.0 Å². The minimum absolute atomic E-state index is 0.691. The number of fused-ring (bicyclic) bond motifs is 1. The van der Waals surface area contributed by atoms with Crippen LogP contribution in [0.2, 0.25) is 0 Å². The molecule has 0 N–H and O–H groups in total. The molecule has 0 amide bonds. The normalized spacial score (nSPS) is 22.8. The van der Waals surface area contributed by atoms with Gasteiger partial charge in [-0.05, 0) is 25.2 Å². The van der Waals surface area contributed by atoms with Crippen molar-refractivity contribution in [1.82, 2.24) is 9.55 Å². The SMILES string of the molecule is CC(C)C1CCCc2cncn21. The lowest BCUT2D eigenvalue weighted by atomic mass is 9.94. The highest BCUT2D eigenvalue weighted by molar-refractivity contribution is 5.04. The number of hydrogen-bond donors (Lipinski definition) is 0. The van der Waals surface area contributed by atoms with Crippen molar-refractivity contribution in [1.29, 1.82) is 0 Å². The zero-order valence-corrected chi connectivity index (χ0v) is 7.83. The van der Waals surface area contributed by atoms with Crippen LogP contribution in [0.4, 0.5) is 0 Å². The summed E-state index contributed by atoms with van der Waals surface area (Å²) in [6.45, 7) is 4.58. The molecule has 0 saturated heterocycles. The molecule has 1 aromatic heterocycles. The summed E-state index contributed by atoms with van der Waals surface area (Å²) in [5.41, 5.74) is 1.42. The average Bonchev–Trinajstić information content (AvgIpc) is 2.49. The van der Waals surface area contributed by atoms with Gasteiger partial charge in [-0.15, -0.1) is 0 Å². The molecule has 0 spiro atoms. The number of imidazole rings is 1. The van der Waals surface area contributed by atoms with Crippen LogP contribution in [0, 0.1) is 5.92 Å². The van der Waals surface area contributed by atoms with Gasteiger partial charge in [0, 0.05) is 17.9 Å². The van der Waals surface area contributed by atoms with Gasteiger partial charge in [0.1, 0.15) is 0 Å². The molecular formula is C10H16N2. The van der Waals surface area contributed by atoms with Crippen LogP contribution in [0.1, 0.15) is 38.4 Å². The van der Waals surface area contributed by atoms with Crippen molar-refractivity contribution >= 4 is 0 Å². The molecule has 1 unspecified atom stereocenters. The first-order chi connectivity index (χ1) is 5.79. The van der Waals surface area contributed by atoms with E-state index in [0.29, 0.717) is 6.04 Å². The van der Waals surface area contributed by atoms with Crippen LogP contribution in [-0.4, -0.2) is 9.55 Å². The Kier molecular flexibility index (Phi) is 1.91. The van der Waals surface area contributed by atoms with Crippen LogP contribution in [0.5, 0.6) is 0 Å². The lowest BCUT2D eigenvalue weighted by molar-refractivity contribution is 0.313. The topological polar surface area (TPSA) is 17.8 Å². The molecule has 2 heterocycles. The Bertz CT molecular complexity index is 263. The fraction of sp³-hybridized carbons (Fsp3) is 0.700. The fourth-order valence-corrected chi connectivity index (χ4v) is 2.11. The van der Waals surface area contributed by atoms with E-state index in [4.69, 9.17) is 0 Å². The van der Waals surface area contributed by atoms with Crippen molar-refractivity contribution in [2.24, 2.45) is 5.92 Å². The van der Waals surface area contributed by atoms with Crippen LogP contribution in [0.25, 0.3) is 0 Å². The summed E-state index contributed by atoms with van der Waals surface area (Å²) in [5, 5.41) is 0. The number of aryl methyl sites for hydroxylation is 1. The lowest BCUT2D eigenvalue weighted by Gasteiger charge is -2.28. The Labute approximate surface area is 73.6 Å². The van der Waals surface area contributed by atoms with E-state index < -0.39 is 0 Å². The summed E-state index contributed by atoms with van der Waals surface area (Å²) in [6.07, 6.45) is 7.85. The second kappa shape index (κ2) is 2.92. The van der Waals surface area contributed by atoms with Gasteiger partial charge in [-0.25, -0.2) is 4.98 Å². The van der Waals surface area contributed by atoms with E-state index in [9.17, 15) is 0 Å². The predicted octanol–water partition coefficient (Wildman–Crippen LogP) is 2.42. The molecule has 12 heavy (non-hydrogen) atoms. The van der Waals surface area contributed by atoms with Gasteiger partial charge in [0.05, 0.1) is 6.33 Å². The minimum Gasteiger partial charge on any atom is -0.331 e. The molecule has 1 aliphatic rings. The van der Waals surface area contributed by atoms with Gasteiger partial charge in [0.25, 0.3) is 0 Å². The first-order valence-electron chi connectivity index (χ1n) is 4.79. The van der Waals surface area contributed by atoms with Crippen molar-refractivity contribution in [2.45, 2.75) is 39.2 Å². The summed E-state index contributed by atoms with van der Waals surface area (Å²) in [6, 6.07) is 0.691. The Hall–Kier alpha value is -0.790. The molecule has 0 aromatic carbocycles. The maximum absolute atomic E-state index is 4.20. The van der Waals surface area contributed by atoms with Crippen LogP contribution >= 0.6 is 0 Å². The van der Waals surface area contributed by atoms with Gasteiger partial charge in [0.2, 0.25) is 0 Å². The van der Waals surface area contributed by atoms with Gasteiger partial charge >= 0.3 is 0 Å². The molecular weight excluding hydrogens is 148 g/mol. The van der Waals surface area contributed by atoms with Crippen molar-refractivity contribution in [3.05, 3.63) is 18.2 Å². The molecule has 0 radical (unpaired) electrons. The summed E-state index contributed by atoms with van der Waals surface area (Å²) < 4.78 is 2.36. The van der Waals surface area contributed by atoms with Crippen LogP contribution in [-0.2, 0) is 6.42 Å². The summed E-state index contributed by atoms with van der Waals surface area (Å²) in [7, 11) is 0. The molecule has 1 atom stereocenters. The average molecular weight is 164 g/mol. The molecule has 0 saturated carbocycles. The van der Waals surface area contributed by atoms with Crippen LogP contribution in [0.3, 0.4) is 0 Å². The first-order valence-corrected chi connectivity index (χ1v) is 4.79. The lowest BCUT2D eigenvalue weighted by Crippen LogP contribution is -2.20. The molecule has 1 aromatic rings. The van der Waals surface area contributed by atoms with Gasteiger partial charge in [-0.3, -0.25) is 0 Å². The Morgan fingerprint density at radius 1 is 1.58 bits per heavy atom. The number of nitrogens with zero attached hydrogens (tertiary/aromatic N) is 2. The van der Waals surface area contributed by atoms with Gasteiger partial charge in [-0.1, -0.05) is 13.8 Å². The first kappa shape index (κ1) is 7.84. The largest absolute Gasteiger partial charge is 0.331 e. The smallest absolute Gasteiger partial charge is 0.0950 e. The monoisotopic (exact) mass is 164 g/mol. The number of rotatable bonds is 1. The maximum Gasteiger partial charge on any atom is 0.0950 e. The Balaban J connectivity index is 2.31. The quantitative estimate of drug-likeness (QED) is 0.623. The van der Waals surface area contributed by atoms with Crippen molar-refractivity contribution < 1.29 is 0 Å². The van der Waals surface area contributed by atoms with Crippen molar-refractivity contribution in [2.75, 3.05) is 0 Å². The van der Waals surface area contributed by atoms with E-state index in [1.54, 1.807) is 0 Å². The maximum atomic E-state index is 4.20. The fourth-order valence-electron chi connectivity index (χ4n) is 2.11. The third kappa shape index (κ3) is 1.15. The molecule has 2 nitrogen and oxygen atoms in total. The molecule has 0 aliphatic carbocycles. The molecule has 1 aliphatic heterocycles.